The summed E-state index contributed by atoms with van der Waals surface area (Å²) in [4.78, 5) is 21.2. The van der Waals surface area contributed by atoms with Gasteiger partial charge < -0.3 is 10.2 Å². The number of rotatable bonds is 2. The molecule has 0 aliphatic rings. The van der Waals surface area contributed by atoms with Crippen molar-refractivity contribution < 1.29 is 19.8 Å². The van der Waals surface area contributed by atoms with Gasteiger partial charge in [0.25, 0.3) is 5.78 Å². The van der Waals surface area contributed by atoms with Crippen molar-refractivity contribution in [2.75, 3.05) is 0 Å². The fraction of sp³-hybridized carbons (Fsp3) is 0.111. The van der Waals surface area contributed by atoms with Crippen LogP contribution >= 0.6 is 0 Å². The highest BCUT2D eigenvalue weighted by atomic mass is 16.4. The highest BCUT2D eigenvalue weighted by Crippen LogP contribution is 2.15. The van der Waals surface area contributed by atoms with E-state index in [4.69, 9.17) is 10.2 Å². The van der Waals surface area contributed by atoms with E-state index < -0.39 is 11.8 Å². The largest absolute Gasteiger partial charge is 0.508 e. The fourth-order valence-corrected chi connectivity index (χ4v) is 1.02. The van der Waals surface area contributed by atoms with Crippen molar-refractivity contribution in [2.24, 2.45) is 0 Å². The van der Waals surface area contributed by atoms with Gasteiger partial charge in [0.1, 0.15) is 5.75 Å². The molecule has 68 valence electrons. The Hall–Kier alpha value is -1.84. The predicted molar refractivity (Wildman–Crippen MR) is 44.8 cm³/mol. The monoisotopic (exact) mass is 180 g/mol. The van der Waals surface area contributed by atoms with Crippen LogP contribution in [-0.2, 0) is 4.79 Å². The van der Waals surface area contributed by atoms with Gasteiger partial charge in [0.2, 0.25) is 0 Å². The third-order valence-corrected chi connectivity index (χ3v) is 1.52. The summed E-state index contributed by atoms with van der Waals surface area (Å²) in [6.07, 6.45) is 0. The highest BCUT2D eigenvalue weighted by Gasteiger charge is 2.14. The normalized spacial score (nSPS) is 9.62. The van der Waals surface area contributed by atoms with Crippen molar-refractivity contribution in [1.82, 2.24) is 0 Å². The molecule has 0 unspecified atom stereocenters. The minimum atomic E-state index is -1.52. The summed E-state index contributed by atoms with van der Waals surface area (Å²) in [7, 11) is 0. The van der Waals surface area contributed by atoms with E-state index in [1.54, 1.807) is 6.92 Å². The summed E-state index contributed by atoms with van der Waals surface area (Å²) in [6.45, 7) is 1.67. The van der Waals surface area contributed by atoms with E-state index >= 15 is 0 Å². The van der Waals surface area contributed by atoms with Crippen LogP contribution in [0, 0.1) is 6.92 Å². The van der Waals surface area contributed by atoms with E-state index in [2.05, 4.69) is 0 Å². The number of carbonyl (C=O) groups excluding carboxylic acids is 1. The molecule has 13 heavy (non-hydrogen) atoms. The molecule has 0 aromatic heterocycles. The number of carbonyl (C=O) groups is 2. The van der Waals surface area contributed by atoms with Crippen LogP contribution in [0.25, 0.3) is 0 Å². The summed E-state index contributed by atoms with van der Waals surface area (Å²) in [6, 6.07) is 3.98. The molecule has 0 fully saturated rings. The molecule has 1 aromatic carbocycles. The maximum Gasteiger partial charge on any atom is 0.377 e. The Bertz CT molecular complexity index is 348. The summed E-state index contributed by atoms with van der Waals surface area (Å²) >= 11 is 0. The van der Waals surface area contributed by atoms with Crippen LogP contribution in [0.5, 0.6) is 5.75 Å². The number of carboxylic acids is 1. The minimum Gasteiger partial charge on any atom is -0.508 e. The first-order chi connectivity index (χ1) is 6.00. The van der Waals surface area contributed by atoms with Crippen LogP contribution in [0.15, 0.2) is 18.2 Å². The van der Waals surface area contributed by atoms with Crippen LogP contribution in [0.4, 0.5) is 0 Å². The SMILES string of the molecule is Cc1cc(O)cc(C(=O)C(=O)O)c1. The van der Waals surface area contributed by atoms with Gasteiger partial charge in [-0.25, -0.2) is 4.79 Å². The minimum absolute atomic E-state index is 0.00926. The number of aliphatic carboxylic acids is 1. The molecule has 0 spiro atoms. The molecule has 2 N–H and O–H groups in total. The van der Waals surface area contributed by atoms with Gasteiger partial charge in [0.05, 0.1) is 0 Å². The smallest absolute Gasteiger partial charge is 0.377 e. The molecular formula is C9H8O4. The molecule has 0 atom stereocenters. The predicted octanol–water partition coefficient (Wildman–Crippen LogP) is 0.968. The molecular weight excluding hydrogens is 172 g/mol. The van der Waals surface area contributed by atoms with E-state index in [1.165, 1.54) is 12.1 Å². The lowest BCUT2D eigenvalue weighted by Crippen LogP contribution is -2.12. The molecule has 0 aliphatic heterocycles. The molecule has 0 bridgehead atoms. The van der Waals surface area contributed by atoms with Crippen molar-refractivity contribution >= 4 is 11.8 Å². The first-order valence-electron chi connectivity index (χ1n) is 3.59. The Morgan fingerprint density at radius 2 is 1.85 bits per heavy atom. The average Bonchev–Trinajstić information content (AvgIpc) is 2.01. The topological polar surface area (TPSA) is 74.6 Å². The van der Waals surface area contributed by atoms with E-state index in [0.717, 1.165) is 6.07 Å². The van der Waals surface area contributed by atoms with Gasteiger partial charge in [-0.3, -0.25) is 4.79 Å². The van der Waals surface area contributed by atoms with Crippen molar-refractivity contribution in [3.8, 4) is 5.75 Å². The van der Waals surface area contributed by atoms with E-state index in [1.807, 2.05) is 0 Å². The Balaban J connectivity index is 3.15. The number of hydrogen-bond donors (Lipinski definition) is 2. The van der Waals surface area contributed by atoms with Crippen LogP contribution < -0.4 is 0 Å². The number of aromatic hydroxyl groups is 1. The number of hydrogen-bond acceptors (Lipinski definition) is 3. The van der Waals surface area contributed by atoms with Crippen molar-refractivity contribution in [1.29, 1.82) is 0 Å². The van der Waals surface area contributed by atoms with E-state index in [9.17, 15) is 9.59 Å². The zero-order valence-corrected chi connectivity index (χ0v) is 6.94. The van der Waals surface area contributed by atoms with Crippen molar-refractivity contribution in [2.45, 2.75) is 6.92 Å². The van der Waals surface area contributed by atoms with Gasteiger partial charge >= 0.3 is 5.97 Å². The van der Waals surface area contributed by atoms with Gasteiger partial charge in [-0.2, -0.15) is 0 Å². The lowest BCUT2D eigenvalue weighted by Gasteiger charge is -1.99. The van der Waals surface area contributed by atoms with Gasteiger partial charge in [-0.15, -0.1) is 0 Å². The highest BCUT2D eigenvalue weighted by molar-refractivity contribution is 6.39. The van der Waals surface area contributed by atoms with Crippen LogP contribution in [0.2, 0.25) is 0 Å². The second kappa shape index (κ2) is 3.26. The first kappa shape index (κ1) is 9.25. The molecule has 0 saturated carbocycles. The maximum atomic E-state index is 10.9. The van der Waals surface area contributed by atoms with Gasteiger partial charge in [-0.1, -0.05) is 0 Å². The zero-order valence-electron chi connectivity index (χ0n) is 6.94. The second-order valence-corrected chi connectivity index (χ2v) is 2.69. The Kier molecular flexibility index (Phi) is 2.32. The zero-order chi connectivity index (χ0) is 10.0. The molecule has 0 amide bonds. The number of phenolic OH excluding ortho intramolecular Hbond substituents is 1. The number of aryl methyl sites for hydroxylation is 1. The summed E-state index contributed by atoms with van der Waals surface area (Å²) < 4.78 is 0. The first-order valence-corrected chi connectivity index (χ1v) is 3.59. The third-order valence-electron chi connectivity index (χ3n) is 1.52. The van der Waals surface area contributed by atoms with Gasteiger partial charge in [0, 0.05) is 5.56 Å². The van der Waals surface area contributed by atoms with Gasteiger partial charge in [-0.05, 0) is 30.7 Å². The molecule has 1 rings (SSSR count). The molecule has 4 heteroatoms. The summed E-state index contributed by atoms with van der Waals surface area (Å²) in [5, 5.41) is 17.5. The summed E-state index contributed by atoms with van der Waals surface area (Å²) in [5.74, 6) is -2.64. The number of phenols is 1. The van der Waals surface area contributed by atoms with E-state index in [-0.39, 0.29) is 11.3 Å². The lowest BCUT2D eigenvalue weighted by atomic mass is 10.1. The molecule has 0 saturated heterocycles. The number of Topliss-reactive ketones (excluding diaryl/α,β-unsaturated/α-hetero) is 1. The van der Waals surface area contributed by atoms with Gasteiger partial charge in [0.15, 0.2) is 0 Å². The quantitative estimate of drug-likeness (QED) is 0.525. The fourth-order valence-electron chi connectivity index (χ4n) is 1.02. The molecule has 0 aliphatic carbocycles. The Morgan fingerprint density at radius 1 is 1.23 bits per heavy atom. The van der Waals surface area contributed by atoms with Crippen molar-refractivity contribution in [3.05, 3.63) is 29.3 Å². The third kappa shape index (κ3) is 2.05. The lowest BCUT2D eigenvalue weighted by molar-refractivity contribution is -0.131. The van der Waals surface area contributed by atoms with Crippen molar-refractivity contribution in [3.63, 3.8) is 0 Å². The van der Waals surface area contributed by atoms with E-state index in [0.29, 0.717) is 5.56 Å². The molecule has 4 nitrogen and oxygen atoms in total. The van der Waals surface area contributed by atoms with Crippen LogP contribution in [-0.4, -0.2) is 22.0 Å². The molecule has 1 aromatic rings. The van der Waals surface area contributed by atoms with Crippen LogP contribution in [0.3, 0.4) is 0 Å². The average molecular weight is 180 g/mol. The standard InChI is InChI=1S/C9H8O4/c1-5-2-6(4-7(10)3-5)8(11)9(12)13/h2-4,10H,1H3,(H,12,13). The second-order valence-electron chi connectivity index (χ2n) is 2.69. The maximum absolute atomic E-state index is 10.9. The number of ketones is 1. The number of carboxylic acid groups (broad SMARTS) is 1. The van der Waals surface area contributed by atoms with Crippen LogP contribution in [0.1, 0.15) is 15.9 Å². The Morgan fingerprint density at radius 3 is 2.31 bits per heavy atom. The number of benzene rings is 1. The Labute approximate surface area is 74.4 Å². The molecule has 0 heterocycles. The molecule has 0 radical (unpaired) electrons. The summed E-state index contributed by atoms with van der Waals surface area (Å²) in [5.41, 5.74) is 0.634.